The van der Waals surface area contributed by atoms with Crippen LogP contribution in [0.3, 0.4) is 0 Å². The second-order valence-electron chi connectivity index (χ2n) is 6.74. The van der Waals surface area contributed by atoms with E-state index in [2.05, 4.69) is 10.3 Å². The number of hydrogen-bond donors (Lipinski definition) is 0. The molecule has 2 aromatic carbocycles. The highest BCUT2D eigenvalue weighted by Crippen LogP contribution is 2.26. The smallest absolute Gasteiger partial charge is 0.345 e. The third-order valence-corrected chi connectivity index (χ3v) is 7.80. The first-order chi connectivity index (χ1) is 15.9. The zero-order valence-corrected chi connectivity index (χ0v) is 19.0. The summed E-state index contributed by atoms with van der Waals surface area (Å²) in [7, 11) is -2.18. The molecule has 0 N–H and O–H groups in total. The van der Waals surface area contributed by atoms with Crippen molar-refractivity contribution in [2.45, 2.75) is 10.9 Å². The van der Waals surface area contributed by atoms with E-state index < -0.39 is 34.9 Å². The number of sulfonamides is 1. The van der Waals surface area contributed by atoms with E-state index in [1.165, 1.54) is 17.4 Å². The minimum atomic E-state index is -3.64. The topological polar surface area (TPSA) is 121 Å². The molecule has 0 aliphatic heterocycles. The SMILES string of the molecule is CN(c1ccc(OCC(=O)OCn2nnc3ccccc3c2=O)cc1)S(=O)(=O)c1cccs1. The van der Waals surface area contributed by atoms with E-state index in [4.69, 9.17) is 9.47 Å². The summed E-state index contributed by atoms with van der Waals surface area (Å²) in [5.41, 5.74) is 0.463. The standard InChI is InChI=1S/C21H18N4O6S2/c1-24(33(28,29)20-7-4-12-32-20)15-8-10-16(11-9-15)30-13-19(26)31-14-25-21(27)17-5-2-3-6-18(17)22-23-25/h2-12H,13-14H2,1H3. The number of thiophene rings is 1. The molecule has 0 saturated heterocycles. The summed E-state index contributed by atoms with van der Waals surface area (Å²) < 4.78 is 37.9. The second kappa shape index (κ2) is 9.38. The lowest BCUT2D eigenvalue weighted by molar-refractivity contribution is -0.150. The van der Waals surface area contributed by atoms with Crippen molar-refractivity contribution < 1.29 is 22.7 Å². The van der Waals surface area contributed by atoms with Gasteiger partial charge >= 0.3 is 5.97 Å². The van der Waals surface area contributed by atoms with Crippen molar-refractivity contribution in [3.8, 4) is 5.75 Å². The lowest BCUT2D eigenvalue weighted by Crippen LogP contribution is -2.27. The number of rotatable bonds is 8. The first-order valence-corrected chi connectivity index (χ1v) is 11.9. The van der Waals surface area contributed by atoms with Gasteiger partial charge in [0, 0.05) is 7.05 Å². The summed E-state index contributed by atoms with van der Waals surface area (Å²) in [6.45, 7) is -0.804. The monoisotopic (exact) mass is 486 g/mol. The molecule has 2 aromatic heterocycles. The fourth-order valence-corrected chi connectivity index (χ4v) is 5.22. The van der Waals surface area contributed by atoms with Crippen LogP contribution in [0.5, 0.6) is 5.75 Å². The molecule has 0 atom stereocenters. The van der Waals surface area contributed by atoms with Crippen molar-refractivity contribution in [3.05, 3.63) is 76.4 Å². The molecule has 4 rings (SSSR count). The van der Waals surface area contributed by atoms with Gasteiger partial charge in [0.25, 0.3) is 15.6 Å². The average molecular weight is 487 g/mol. The Morgan fingerprint density at radius 2 is 1.85 bits per heavy atom. The van der Waals surface area contributed by atoms with Gasteiger partial charge in [0.15, 0.2) is 13.3 Å². The predicted molar refractivity (Wildman–Crippen MR) is 122 cm³/mol. The Balaban J connectivity index is 1.33. The van der Waals surface area contributed by atoms with Gasteiger partial charge in [-0.3, -0.25) is 9.10 Å². The van der Waals surface area contributed by atoms with E-state index in [0.717, 1.165) is 16.0 Å². The number of nitrogens with zero attached hydrogens (tertiary/aromatic N) is 4. The highest BCUT2D eigenvalue weighted by atomic mass is 32.2. The molecule has 0 aliphatic carbocycles. The number of fused-ring (bicyclic) bond motifs is 1. The highest BCUT2D eigenvalue weighted by molar-refractivity contribution is 7.94. The molecule has 10 nitrogen and oxygen atoms in total. The molecule has 0 unspecified atom stereocenters. The van der Waals surface area contributed by atoms with Crippen molar-refractivity contribution >= 4 is 43.9 Å². The van der Waals surface area contributed by atoms with E-state index in [1.54, 1.807) is 60.0 Å². The van der Waals surface area contributed by atoms with Crippen LogP contribution in [0.25, 0.3) is 10.9 Å². The first kappa shape index (κ1) is 22.4. The number of anilines is 1. The number of aromatic nitrogens is 3. The fraction of sp³-hybridized carbons (Fsp3) is 0.143. The third kappa shape index (κ3) is 4.86. The molecule has 0 fully saturated rings. The summed E-state index contributed by atoms with van der Waals surface area (Å²) in [4.78, 5) is 24.4. The Morgan fingerprint density at radius 1 is 1.09 bits per heavy atom. The molecule has 0 amide bonds. The Labute approximate surface area is 192 Å². The van der Waals surface area contributed by atoms with Crippen LogP contribution >= 0.6 is 11.3 Å². The maximum absolute atomic E-state index is 12.6. The van der Waals surface area contributed by atoms with E-state index in [1.807, 2.05) is 0 Å². The minimum absolute atomic E-state index is 0.239. The number of benzene rings is 2. The van der Waals surface area contributed by atoms with E-state index in [9.17, 15) is 18.0 Å². The van der Waals surface area contributed by atoms with Gasteiger partial charge in [-0.1, -0.05) is 23.4 Å². The van der Waals surface area contributed by atoms with Gasteiger partial charge < -0.3 is 9.47 Å². The van der Waals surface area contributed by atoms with Gasteiger partial charge in [-0.25, -0.2) is 13.2 Å². The van der Waals surface area contributed by atoms with Crippen molar-refractivity contribution in [2.24, 2.45) is 0 Å². The summed E-state index contributed by atoms with van der Waals surface area (Å²) in [6.07, 6.45) is 0. The molecule has 4 aromatic rings. The predicted octanol–water partition coefficient (Wildman–Crippen LogP) is 2.26. The van der Waals surface area contributed by atoms with Crippen LogP contribution in [-0.4, -0.2) is 43.0 Å². The number of esters is 1. The summed E-state index contributed by atoms with van der Waals surface area (Å²) >= 11 is 1.14. The fourth-order valence-electron chi connectivity index (χ4n) is 2.86. The molecule has 0 radical (unpaired) electrons. The lowest BCUT2D eigenvalue weighted by Gasteiger charge is -2.18. The van der Waals surface area contributed by atoms with Crippen molar-refractivity contribution in [3.63, 3.8) is 0 Å². The largest absolute Gasteiger partial charge is 0.482 e. The third-order valence-electron chi connectivity index (χ3n) is 4.64. The zero-order chi connectivity index (χ0) is 23.4. The van der Waals surface area contributed by atoms with Crippen LogP contribution in [0.1, 0.15) is 0 Å². The molecule has 0 spiro atoms. The highest BCUT2D eigenvalue weighted by Gasteiger charge is 2.22. The van der Waals surface area contributed by atoms with Crippen molar-refractivity contribution in [1.29, 1.82) is 0 Å². The maximum atomic E-state index is 12.6. The van der Waals surface area contributed by atoms with Gasteiger partial charge in [0.2, 0.25) is 0 Å². The normalized spacial score (nSPS) is 11.3. The quantitative estimate of drug-likeness (QED) is 0.348. The minimum Gasteiger partial charge on any atom is -0.482 e. The van der Waals surface area contributed by atoms with Gasteiger partial charge in [0.1, 0.15) is 15.5 Å². The molecule has 2 heterocycles. The summed E-state index contributed by atoms with van der Waals surface area (Å²) in [5, 5.41) is 9.72. The van der Waals surface area contributed by atoms with E-state index in [-0.39, 0.29) is 4.21 Å². The van der Waals surface area contributed by atoms with Crippen LogP contribution in [-0.2, 0) is 26.3 Å². The number of carbonyl (C=O) groups is 1. The van der Waals surface area contributed by atoms with Crippen molar-refractivity contribution in [2.75, 3.05) is 18.0 Å². The van der Waals surface area contributed by atoms with Crippen LogP contribution in [0.15, 0.2) is 75.0 Å². The van der Waals surface area contributed by atoms with Gasteiger partial charge in [0.05, 0.1) is 11.1 Å². The molecular weight excluding hydrogens is 468 g/mol. The van der Waals surface area contributed by atoms with Crippen LogP contribution < -0.4 is 14.6 Å². The number of ether oxygens (including phenoxy) is 2. The summed E-state index contributed by atoms with van der Waals surface area (Å²) in [6, 6.07) is 16.1. The molecule has 0 aliphatic rings. The number of hydrogen-bond acceptors (Lipinski definition) is 9. The lowest BCUT2D eigenvalue weighted by atomic mass is 10.2. The number of carbonyl (C=O) groups excluding carboxylic acids is 1. The van der Waals surface area contributed by atoms with Gasteiger partial charge in [-0.2, -0.15) is 4.68 Å². The maximum Gasteiger partial charge on any atom is 0.345 e. The Morgan fingerprint density at radius 3 is 2.58 bits per heavy atom. The molecule has 0 saturated carbocycles. The van der Waals surface area contributed by atoms with Gasteiger partial charge in [-0.15, -0.1) is 16.4 Å². The van der Waals surface area contributed by atoms with Crippen LogP contribution in [0.2, 0.25) is 0 Å². The molecule has 33 heavy (non-hydrogen) atoms. The molecule has 0 bridgehead atoms. The Bertz CT molecular complexity index is 1430. The van der Waals surface area contributed by atoms with Crippen LogP contribution in [0.4, 0.5) is 5.69 Å². The average Bonchev–Trinajstić information content (AvgIpc) is 3.38. The zero-order valence-electron chi connectivity index (χ0n) is 17.3. The molecule has 170 valence electrons. The van der Waals surface area contributed by atoms with Gasteiger partial charge in [-0.05, 0) is 47.8 Å². The molecule has 12 heteroatoms. The first-order valence-electron chi connectivity index (χ1n) is 9.60. The molecular formula is C21H18N4O6S2. The Kier molecular flexibility index (Phi) is 6.38. The second-order valence-corrected chi connectivity index (χ2v) is 9.89. The summed E-state index contributed by atoms with van der Waals surface area (Å²) in [5.74, 6) is -0.362. The van der Waals surface area contributed by atoms with E-state index >= 15 is 0 Å². The van der Waals surface area contributed by atoms with Crippen LogP contribution in [0, 0.1) is 0 Å². The van der Waals surface area contributed by atoms with Crippen molar-refractivity contribution in [1.82, 2.24) is 15.0 Å². The Hall–Kier alpha value is -3.77. The van der Waals surface area contributed by atoms with E-state index in [0.29, 0.717) is 22.3 Å².